The number of amides is 2. The number of hydrogen-bond donors (Lipinski definition) is 0. The molecule has 6 heteroatoms. The molecule has 3 heterocycles. The summed E-state index contributed by atoms with van der Waals surface area (Å²) in [5.41, 5.74) is -0.261. The molecular weight excluding hydrogens is 297 g/mol. The van der Waals surface area contributed by atoms with Gasteiger partial charge in [-0.15, -0.1) is 0 Å². The fourth-order valence-electron chi connectivity index (χ4n) is 3.77. The van der Waals surface area contributed by atoms with Crippen LogP contribution in [-0.2, 0) is 4.79 Å². The second-order valence-corrected chi connectivity index (χ2v) is 6.42. The third-order valence-electron chi connectivity index (χ3n) is 5.22. The Labute approximate surface area is 135 Å². The van der Waals surface area contributed by atoms with Crippen LogP contribution in [0.2, 0.25) is 0 Å². The van der Waals surface area contributed by atoms with Crippen LogP contribution < -0.4 is 0 Å². The summed E-state index contributed by atoms with van der Waals surface area (Å²) in [5.74, 6) is -0.674. The van der Waals surface area contributed by atoms with Gasteiger partial charge < -0.3 is 9.80 Å². The summed E-state index contributed by atoms with van der Waals surface area (Å²) >= 11 is 0. The van der Waals surface area contributed by atoms with Crippen molar-refractivity contribution in [2.45, 2.75) is 32.6 Å². The van der Waals surface area contributed by atoms with Crippen LogP contribution in [0.3, 0.4) is 0 Å². The molecule has 1 aromatic rings. The molecule has 2 aliphatic heterocycles. The fourth-order valence-corrected chi connectivity index (χ4v) is 3.77. The van der Waals surface area contributed by atoms with E-state index in [0.29, 0.717) is 25.9 Å². The number of aromatic nitrogens is 1. The zero-order valence-electron chi connectivity index (χ0n) is 13.4. The van der Waals surface area contributed by atoms with Gasteiger partial charge in [-0.05, 0) is 38.7 Å². The van der Waals surface area contributed by atoms with Crippen molar-refractivity contribution in [2.24, 2.45) is 5.41 Å². The Hall–Kier alpha value is -1.98. The highest BCUT2D eigenvalue weighted by Gasteiger charge is 2.45. The standard InChI is InChI=1S/C17H22FN3O2/c1-2-20-9-3-5-17(16(20)23)6-10-21(11-7-17)15(22)13-4-8-19-12-14(13)18/h4,8,12H,2-3,5-7,9-11H2,1H3. The number of piperidine rings is 2. The number of carbonyl (C=O) groups is 2. The van der Waals surface area contributed by atoms with Crippen molar-refractivity contribution < 1.29 is 14.0 Å². The SMILES string of the molecule is CCN1CCCC2(CCN(C(=O)c3ccncc3F)CC2)C1=O. The lowest BCUT2D eigenvalue weighted by Crippen LogP contribution is -2.54. The molecule has 2 aliphatic rings. The van der Waals surface area contributed by atoms with E-state index >= 15 is 0 Å². The van der Waals surface area contributed by atoms with Crippen molar-refractivity contribution in [1.29, 1.82) is 0 Å². The van der Waals surface area contributed by atoms with Crippen molar-refractivity contribution in [3.8, 4) is 0 Å². The van der Waals surface area contributed by atoms with E-state index in [9.17, 15) is 14.0 Å². The molecule has 124 valence electrons. The largest absolute Gasteiger partial charge is 0.342 e. The number of nitrogens with zero attached hydrogens (tertiary/aromatic N) is 3. The first-order chi connectivity index (χ1) is 11.1. The van der Waals surface area contributed by atoms with Gasteiger partial charge in [0.05, 0.1) is 17.2 Å². The molecule has 0 unspecified atom stereocenters. The van der Waals surface area contributed by atoms with Crippen LogP contribution >= 0.6 is 0 Å². The van der Waals surface area contributed by atoms with Crippen molar-refractivity contribution in [2.75, 3.05) is 26.2 Å². The first-order valence-corrected chi connectivity index (χ1v) is 8.25. The van der Waals surface area contributed by atoms with Crippen molar-refractivity contribution >= 4 is 11.8 Å². The molecule has 5 nitrogen and oxygen atoms in total. The molecule has 1 spiro atoms. The van der Waals surface area contributed by atoms with E-state index in [1.54, 1.807) is 4.90 Å². The molecule has 2 fully saturated rings. The average Bonchev–Trinajstić information content (AvgIpc) is 2.58. The van der Waals surface area contributed by atoms with Crippen molar-refractivity contribution in [3.05, 3.63) is 29.8 Å². The van der Waals surface area contributed by atoms with Gasteiger partial charge in [0, 0.05) is 32.4 Å². The van der Waals surface area contributed by atoms with Crippen LogP contribution in [0.25, 0.3) is 0 Å². The number of hydrogen-bond acceptors (Lipinski definition) is 3. The van der Waals surface area contributed by atoms with Gasteiger partial charge in [-0.2, -0.15) is 0 Å². The zero-order chi connectivity index (χ0) is 16.4. The summed E-state index contributed by atoms with van der Waals surface area (Å²) in [6.45, 7) is 4.59. The maximum absolute atomic E-state index is 13.7. The molecule has 1 aromatic heterocycles. The molecule has 23 heavy (non-hydrogen) atoms. The van der Waals surface area contributed by atoms with Crippen LogP contribution in [0.5, 0.6) is 0 Å². The maximum atomic E-state index is 13.7. The summed E-state index contributed by atoms with van der Waals surface area (Å²) in [4.78, 5) is 32.4. The maximum Gasteiger partial charge on any atom is 0.256 e. The highest BCUT2D eigenvalue weighted by atomic mass is 19.1. The van der Waals surface area contributed by atoms with Crippen LogP contribution in [0.4, 0.5) is 4.39 Å². The van der Waals surface area contributed by atoms with E-state index in [1.807, 2.05) is 11.8 Å². The summed E-state index contributed by atoms with van der Waals surface area (Å²) < 4.78 is 13.7. The summed E-state index contributed by atoms with van der Waals surface area (Å²) in [7, 11) is 0. The molecule has 0 N–H and O–H groups in total. The predicted molar refractivity (Wildman–Crippen MR) is 83.3 cm³/mol. The van der Waals surface area contributed by atoms with Crippen LogP contribution in [-0.4, -0.2) is 52.8 Å². The number of rotatable bonds is 2. The average molecular weight is 319 g/mol. The summed E-state index contributed by atoms with van der Waals surface area (Å²) in [6, 6.07) is 1.41. The molecular formula is C17H22FN3O2. The van der Waals surface area contributed by atoms with E-state index in [2.05, 4.69) is 4.98 Å². The van der Waals surface area contributed by atoms with Gasteiger partial charge >= 0.3 is 0 Å². The first kappa shape index (κ1) is 15.9. The first-order valence-electron chi connectivity index (χ1n) is 8.25. The minimum atomic E-state index is -0.594. The van der Waals surface area contributed by atoms with Crippen LogP contribution in [0.1, 0.15) is 43.0 Å². The van der Waals surface area contributed by atoms with E-state index < -0.39 is 5.82 Å². The zero-order valence-corrected chi connectivity index (χ0v) is 13.4. The molecule has 2 saturated heterocycles. The van der Waals surface area contributed by atoms with Gasteiger partial charge in [-0.3, -0.25) is 14.6 Å². The molecule has 0 radical (unpaired) electrons. The Morgan fingerprint density at radius 2 is 2.04 bits per heavy atom. The number of halogens is 1. The normalized spacial score (nSPS) is 20.9. The van der Waals surface area contributed by atoms with Gasteiger partial charge in [-0.1, -0.05) is 0 Å². The fraction of sp³-hybridized carbons (Fsp3) is 0.588. The molecule has 0 saturated carbocycles. The molecule has 0 aliphatic carbocycles. The lowest BCUT2D eigenvalue weighted by molar-refractivity contribution is -0.149. The van der Waals surface area contributed by atoms with Gasteiger partial charge in [0.1, 0.15) is 0 Å². The Bertz CT molecular complexity index is 612. The van der Waals surface area contributed by atoms with Gasteiger partial charge in [-0.25, -0.2) is 4.39 Å². The van der Waals surface area contributed by atoms with E-state index in [-0.39, 0.29) is 22.8 Å². The lowest BCUT2D eigenvalue weighted by Gasteiger charge is -2.46. The minimum absolute atomic E-state index is 0.0566. The number of pyridine rings is 1. The minimum Gasteiger partial charge on any atom is -0.342 e. The highest BCUT2D eigenvalue weighted by Crippen LogP contribution is 2.41. The quantitative estimate of drug-likeness (QED) is 0.839. The predicted octanol–water partition coefficient (Wildman–Crippen LogP) is 2.09. The van der Waals surface area contributed by atoms with Gasteiger partial charge in [0.25, 0.3) is 5.91 Å². The Morgan fingerprint density at radius 3 is 2.70 bits per heavy atom. The van der Waals surface area contributed by atoms with Gasteiger partial charge in [0.2, 0.25) is 5.91 Å². The Morgan fingerprint density at radius 1 is 1.30 bits per heavy atom. The smallest absolute Gasteiger partial charge is 0.256 e. The van der Waals surface area contributed by atoms with Crippen molar-refractivity contribution in [1.82, 2.24) is 14.8 Å². The van der Waals surface area contributed by atoms with Crippen LogP contribution in [0, 0.1) is 11.2 Å². The molecule has 3 rings (SSSR count). The van der Waals surface area contributed by atoms with E-state index in [0.717, 1.165) is 32.1 Å². The lowest BCUT2D eigenvalue weighted by atomic mass is 9.71. The highest BCUT2D eigenvalue weighted by molar-refractivity contribution is 5.94. The topological polar surface area (TPSA) is 53.5 Å². The molecule has 0 bridgehead atoms. The summed E-state index contributed by atoms with van der Waals surface area (Å²) in [5, 5.41) is 0. The van der Waals surface area contributed by atoms with Crippen LogP contribution in [0.15, 0.2) is 18.5 Å². The molecule has 0 aromatic carbocycles. The van der Waals surface area contributed by atoms with E-state index in [1.165, 1.54) is 12.3 Å². The van der Waals surface area contributed by atoms with Gasteiger partial charge in [0.15, 0.2) is 5.82 Å². The second-order valence-electron chi connectivity index (χ2n) is 6.42. The number of carbonyl (C=O) groups excluding carboxylic acids is 2. The summed E-state index contributed by atoms with van der Waals surface area (Å²) in [6.07, 6.45) is 5.73. The third kappa shape index (κ3) is 2.82. The third-order valence-corrected chi connectivity index (χ3v) is 5.22. The second kappa shape index (κ2) is 6.26. The molecule has 2 amide bonds. The Balaban J connectivity index is 1.70. The number of likely N-dealkylation sites (tertiary alicyclic amines) is 2. The monoisotopic (exact) mass is 319 g/mol. The van der Waals surface area contributed by atoms with Crippen molar-refractivity contribution in [3.63, 3.8) is 0 Å². The molecule has 0 atom stereocenters. The Kier molecular flexibility index (Phi) is 4.33. The van der Waals surface area contributed by atoms with E-state index in [4.69, 9.17) is 0 Å².